The summed E-state index contributed by atoms with van der Waals surface area (Å²) >= 11 is 1.80. The van der Waals surface area contributed by atoms with E-state index in [0.717, 1.165) is 16.1 Å². The highest BCUT2D eigenvalue weighted by Gasteiger charge is 2.21. The fourth-order valence-electron chi connectivity index (χ4n) is 1.87. The predicted molar refractivity (Wildman–Crippen MR) is 70.2 cm³/mol. The number of thioether (sulfide) groups is 1. The van der Waals surface area contributed by atoms with E-state index in [9.17, 15) is 14.4 Å². The predicted octanol–water partition coefficient (Wildman–Crippen LogP) is -0.727. The number of carbonyl (C=O) groups is 1. The smallest absolute Gasteiger partial charge is 0.331 e. The second-order valence-corrected chi connectivity index (χ2v) is 5.40. The van der Waals surface area contributed by atoms with E-state index in [2.05, 4.69) is 0 Å². The van der Waals surface area contributed by atoms with Crippen LogP contribution in [0.3, 0.4) is 0 Å². The Morgan fingerprint density at radius 3 is 2.39 bits per heavy atom. The van der Waals surface area contributed by atoms with Crippen LogP contribution in [0.25, 0.3) is 0 Å². The summed E-state index contributed by atoms with van der Waals surface area (Å²) in [4.78, 5) is 37.3. The maximum Gasteiger partial charge on any atom is 0.331 e. The van der Waals surface area contributed by atoms with Gasteiger partial charge in [0.25, 0.3) is 11.5 Å². The summed E-state index contributed by atoms with van der Waals surface area (Å²) in [5.74, 6) is 1.54. The molecule has 0 aliphatic carbocycles. The highest BCUT2D eigenvalue weighted by molar-refractivity contribution is 7.99. The zero-order valence-corrected chi connectivity index (χ0v) is 11.2. The summed E-state index contributed by atoms with van der Waals surface area (Å²) in [5, 5.41) is 0. The summed E-state index contributed by atoms with van der Waals surface area (Å²) in [7, 11) is 2.91. The van der Waals surface area contributed by atoms with E-state index in [1.165, 1.54) is 24.7 Å². The highest BCUT2D eigenvalue weighted by Crippen LogP contribution is 2.11. The van der Waals surface area contributed by atoms with Gasteiger partial charge in [0, 0.05) is 44.8 Å². The van der Waals surface area contributed by atoms with E-state index in [1.54, 1.807) is 16.7 Å². The molecule has 0 bridgehead atoms. The molecule has 18 heavy (non-hydrogen) atoms. The Kier molecular flexibility index (Phi) is 3.60. The number of aromatic nitrogens is 2. The van der Waals surface area contributed by atoms with Gasteiger partial charge in [-0.2, -0.15) is 11.8 Å². The molecule has 2 heterocycles. The van der Waals surface area contributed by atoms with E-state index in [4.69, 9.17) is 0 Å². The Hall–Kier alpha value is -1.50. The Balaban J connectivity index is 2.42. The van der Waals surface area contributed by atoms with Crippen LogP contribution in [-0.4, -0.2) is 44.5 Å². The Morgan fingerprint density at radius 2 is 1.78 bits per heavy atom. The summed E-state index contributed by atoms with van der Waals surface area (Å²) in [6.07, 6.45) is 0. The van der Waals surface area contributed by atoms with E-state index < -0.39 is 11.2 Å². The van der Waals surface area contributed by atoms with Crippen molar-refractivity contribution in [1.29, 1.82) is 0 Å². The molecule has 1 aliphatic heterocycles. The molecule has 7 heteroatoms. The number of nitrogens with zero attached hydrogens (tertiary/aromatic N) is 3. The van der Waals surface area contributed by atoms with Gasteiger partial charge in [-0.15, -0.1) is 0 Å². The molecule has 2 rings (SSSR count). The van der Waals surface area contributed by atoms with Gasteiger partial charge >= 0.3 is 5.69 Å². The van der Waals surface area contributed by atoms with Gasteiger partial charge < -0.3 is 4.90 Å². The average Bonchev–Trinajstić information content (AvgIpc) is 2.41. The summed E-state index contributed by atoms with van der Waals surface area (Å²) in [6, 6.07) is 1.23. The number of carbonyl (C=O) groups excluding carboxylic acids is 1. The number of amides is 1. The van der Waals surface area contributed by atoms with E-state index in [1.807, 2.05) is 0 Å². The van der Waals surface area contributed by atoms with Crippen molar-refractivity contribution >= 4 is 17.7 Å². The largest absolute Gasteiger partial charge is 0.336 e. The van der Waals surface area contributed by atoms with Crippen LogP contribution >= 0.6 is 11.8 Å². The molecular formula is C11H15N3O3S. The molecule has 1 aliphatic rings. The minimum Gasteiger partial charge on any atom is -0.336 e. The molecule has 0 N–H and O–H groups in total. The first-order valence-electron chi connectivity index (χ1n) is 5.66. The summed E-state index contributed by atoms with van der Waals surface area (Å²) in [6.45, 7) is 1.32. The standard InChI is InChI=1S/C11H15N3O3S/c1-12-8(7-9(15)13(2)11(12)17)10(16)14-3-5-18-6-4-14/h7H,3-6H2,1-2H3. The van der Waals surface area contributed by atoms with Crippen LogP contribution in [0.15, 0.2) is 15.7 Å². The molecule has 0 saturated carbocycles. The average molecular weight is 269 g/mol. The van der Waals surface area contributed by atoms with Gasteiger partial charge in [0.2, 0.25) is 0 Å². The summed E-state index contributed by atoms with van der Waals surface area (Å²) < 4.78 is 2.22. The maximum atomic E-state index is 12.2. The van der Waals surface area contributed by atoms with Crippen molar-refractivity contribution in [1.82, 2.24) is 14.0 Å². The molecule has 1 aromatic heterocycles. The second kappa shape index (κ2) is 5.01. The van der Waals surface area contributed by atoms with E-state index >= 15 is 0 Å². The van der Waals surface area contributed by atoms with Gasteiger partial charge in [-0.05, 0) is 0 Å². The Labute approximate surface area is 108 Å². The van der Waals surface area contributed by atoms with Crippen molar-refractivity contribution in [3.8, 4) is 0 Å². The molecule has 0 spiro atoms. The number of rotatable bonds is 1. The normalized spacial score (nSPS) is 15.8. The Bertz CT molecular complexity index is 584. The van der Waals surface area contributed by atoms with Crippen molar-refractivity contribution in [2.24, 2.45) is 14.1 Å². The van der Waals surface area contributed by atoms with Crippen LogP contribution in [-0.2, 0) is 14.1 Å². The van der Waals surface area contributed by atoms with E-state index in [-0.39, 0.29) is 11.6 Å². The van der Waals surface area contributed by atoms with Crippen molar-refractivity contribution in [3.63, 3.8) is 0 Å². The van der Waals surface area contributed by atoms with Crippen LogP contribution in [0.1, 0.15) is 10.5 Å². The third-order valence-electron chi connectivity index (χ3n) is 3.04. The zero-order valence-electron chi connectivity index (χ0n) is 10.4. The lowest BCUT2D eigenvalue weighted by Crippen LogP contribution is -2.44. The molecule has 1 aromatic rings. The van der Waals surface area contributed by atoms with E-state index in [0.29, 0.717) is 13.1 Å². The van der Waals surface area contributed by atoms with Gasteiger partial charge in [-0.25, -0.2) is 4.79 Å². The molecule has 0 atom stereocenters. The minimum atomic E-state index is -0.475. The van der Waals surface area contributed by atoms with Crippen molar-refractivity contribution < 1.29 is 4.79 Å². The van der Waals surface area contributed by atoms with Crippen LogP contribution in [0.4, 0.5) is 0 Å². The molecule has 6 nitrogen and oxygen atoms in total. The van der Waals surface area contributed by atoms with Gasteiger partial charge in [0.1, 0.15) is 5.69 Å². The van der Waals surface area contributed by atoms with Crippen molar-refractivity contribution in [2.45, 2.75) is 0 Å². The first kappa shape index (κ1) is 12.9. The highest BCUT2D eigenvalue weighted by atomic mass is 32.2. The third kappa shape index (κ3) is 2.22. The van der Waals surface area contributed by atoms with Crippen LogP contribution in [0.5, 0.6) is 0 Å². The van der Waals surface area contributed by atoms with Gasteiger partial charge in [-0.3, -0.25) is 18.7 Å². The molecule has 1 amide bonds. The van der Waals surface area contributed by atoms with Crippen molar-refractivity contribution in [2.75, 3.05) is 24.6 Å². The monoisotopic (exact) mass is 269 g/mol. The second-order valence-electron chi connectivity index (χ2n) is 4.17. The van der Waals surface area contributed by atoms with Crippen LogP contribution in [0, 0.1) is 0 Å². The lowest BCUT2D eigenvalue weighted by Gasteiger charge is -2.26. The van der Waals surface area contributed by atoms with Gasteiger partial charge in [-0.1, -0.05) is 0 Å². The molecule has 0 radical (unpaired) electrons. The minimum absolute atomic E-state index is 0.162. The molecule has 0 aromatic carbocycles. The molecular weight excluding hydrogens is 254 g/mol. The molecule has 1 fully saturated rings. The first-order chi connectivity index (χ1) is 8.52. The molecule has 98 valence electrons. The van der Waals surface area contributed by atoms with Gasteiger partial charge in [0.15, 0.2) is 0 Å². The lowest BCUT2D eigenvalue weighted by molar-refractivity contribution is 0.0760. The molecule has 1 saturated heterocycles. The lowest BCUT2D eigenvalue weighted by atomic mass is 10.3. The first-order valence-corrected chi connectivity index (χ1v) is 6.82. The quantitative estimate of drug-likeness (QED) is 0.674. The summed E-state index contributed by atoms with van der Waals surface area (Å²) in [5.41, 5.74) is -0.764. The SMILES string of the molecule is Cn1c(C(=O)N2CCSCC2)cc(=O)n(C)c1=O. The third-order valence-corrected chi connectivity index (χ3v) is 3.99. The number of hydrogen-bond acceptors (Lipinski definition) is 4. The topological polar surface area (TPSA) is 64.3 Å². The Morgan fingerprint density at radius 1 is 1.17 bits per heavy atom. The fraction of sp³-hybridized carbons (Fsp3) is 0.545. The van der Waals surface area contributed by atoms with Crippen LogP contribution < -0.4 is 11.2 Å². The maximum absolute atomic E-state index is 12.2. The molecule has 0 unspecified atom stereocenters. The fourth-order valence-corrected chi connectivity index (χ4v) is 2.77. The van der Waals surface area contributed by atoms with Gasteiger partial charge in [0.05, 0.1) is 0 Å². The van der Waals surface area contributed by atoms with Crippen molar-refractivity contribution in [3.05, 3.63) is 32.6 Å². The zero-order chi connectivity index (χ0) is 13.3. The number of hydrogen-bond donors (Lipinski definition) is 0. The van der Waals surface area contributed by atoms with Crippen LogP contribution in [0.2, 0.25) is 0 Å².